The van der Waals surface area contributed by atoms with Gasteiger partial charge in [0.1, 0.15) is 0 Å². The minimum Gasteiger partial charge on any atom is -0.269 e. The van der Waals surface area contributed by atoms with E-state index in [0.29, 0.717) is 0 Å². The van der Waals surface area contributed by atoms with Crippen molar-refractivity contribution in [2.24, 2.45) is 0 Å². The van der Waals surface area contributed by atoms with Gasteiger partial charge in [-0.25, -0.2) is 0 Å². The summed E-state index contributed by atoms with van der Waals surface area (Å²) in [5, 5.41) is 0. The summed E-state index contributed by atoms with van der Waals surface area (Å²) in [6.45, 7) is 6.17. The van der Waals surface area contributed by atoms with E-state index in [0.717, 1.165) is 13.1 Å². The van der Waals surface area contributed by atoms with Gasteiger partial charge in [-0.1, -0.05) is 13.8 Å². The van der Waals surface area contributed by atoms with Gasteiger partial charge >= 0.3 is 0 Å². The van der Waals surface area contributed by atoms with Crippen molar-refractivity contribution in [1.82, 2.24) is 9.44 Å². The fourth-order valence-electron chi connectivity index (χ4n) is 0.195. The lowest BCUT2D eigenvalue weighted by Crippen LogP contribution is -2.11. The molecule has 0 aromatic carbocycles. The molecule has 0 heterocycles. The van der Waals surface area contributed by atoms with Crippen LogP contribution in [0.3, 0.4) is 0 Å². The third-order valence-electron chi connectivity index (χ3n) is 0.433. The molecule has 0 atom stereocenters. The zero-order valence-electron chi connectivity index (χ0n) is 6.05. The van der Waals surface area contributed by atoms with Crippen molar-refractivity contribution in [3.8, 4) is 0 Å². The largest absolute Gasteiger partial charge is 0.269 e. The number of rotatable bonds is 4. The first kappa shape index (κ1) is 22.5. The van der Waals surface area contributed by atoms with E-state index in [4.69, 9.17) is 0 Å². The molecular formula is C4H15F3N2S. The van der Waals surface area contributed by atoms with E-state index in [1.165, 1.54) is 0 Å². The molecule has 0 bridgehead atoms. The van der Waals surface area contributed by atoms with Crippen LogP contribution in [0.1, 0.15) is 13.8 Å². The Morgan fingerprint density at radius 1 is 0.900 bits per heavy atom. The number of nitrogens with one attached hydrogen (secondary N) is 2. The van der Waals surface area contributed by atoms with E-state index in [2.05, 4.69) is 23.3 Å². The number of hydrogen-bond acceptors (Lipinski definition) is 3. The first-order valence-corrected chi connectivity index (χ1v) is 3.35. The average molecular weight is 180 g/mol. The van der Waals surface area contributed by atoms with Crippen molar-refractivity contribution in [2.75, 3.05) is 13.1 Å². The Morgan fingerprint density at radius 3 is 1.40 bits per heavy atom. The molecule has 0 saturated carbocycles. The summed E-state index contributed by atoms with van der Waals surface area (Å²) in [5.74, 6) is 0. The van der Waals surface area contributed by atoms with Crippen LogP contribution in [-0.2, 0) is 0 Å². The summed E-state index contributed by atoms with van der Waals surface area (Å²) in [6.07, 6.45) is 0. The quantitative estimate of drug-likeness (QED) is 0.502. The minimum atomic E-state index is 0. The molecule has 0 aromatic rings. The second-order valence-corrected chi connectivity index (χ2v) is 1.88. The molecule has 68 valence electrons. The van der Waals surface area contributed by atoms with Gasteiger partial charge in [0.2, 0.25) is 0 Å². The number of hydrogen-bond donors (Lipinski definition) is 2. The highest BCUT2D eigenvalue weighted by molar-refractivity contribution is 7.95. The molecule has 10 heavy (non-hydrogen) atoms. The van der Waals surface area contributed by atoms with Gasteiger partial charge in [-0.3, -0.25) is 23.6 Å². The maximum Gasteiger partial charge on any atom is 0.00420 e. The van der Waals surface area contributed by atoms with Crippen LogP contribution in [-0.4, -0.2) is 13.1 Å². The monoisotopic (exact) mass is 180 g/mol. The molecule has 2 N–H and O–H groups in total. The predicted octanol–water partition coefficient (Wildman–Crippen LogP) is 1.23. The highest BCUT2D eigenvalue weighted by Crippen LogP contribution is 1.78. The molecule has 0 rings (SSSR count). The Bertz CT molecular complexity index is 37.7. The Balaban J connectivity index is -0.0000000600. The Kier molecular flexibility index (Phi) is 51.7. The van der Waals surface area contributed by atoms with Crippen molar-refractivity contribution in [1.29, 1.82) is 0 Å². The zero-order chi connectivity index (χ0) is 5.54. The molecule has 2 nitrogen and oxygen atoms in total. The molecule has 6 heteroatoms. The molecule has 0 unspecified atom stereocenters. The van der Waals surface area contributed by atoms with E-state index in [1.54, 1.807) is 12.1 Å². The first-order chi connectivity index (χ1) is 3.41. The van der Waals surface area contributed by atoms with Gasteiger partial charge < -0.3 is 0 Å². The summed E-state index contributed by atoms with van der Waals surface area (Å²) in [4.78, 5) is 0. The molecule has 0 saturated heterocycles. The minimum absolute atomic E-state index is 0. The van der Waals surface area contributed by atoms with E-state index in [9.17, 15) is 0 Å². The molecule has 0 aromatic heterocycles. The Hall–Kier alpha value is 0.0600. The third-order valence-corrected chi connectivity index (χ3v) is 1.30. The Morgan fingerprint density at radius 2 is 1.20 bits per heavy atom. The average Bonchev–Trinajstić information content (AvgIpc) is 1.69. The lowest BCUT2D eigenvalue weighted by atomic mass is 10.8. The van der Waals surface area contributed by atoms with Crippen LogP contribution in [0.15, 0.2) is 0 Å². The normalized spacial score (nSPS) is 6.60. The lowest BCUT2D eigenvalue weighted by Gasteiger charge is -1.96. The van der Waals surface area contributed by atoms with Gasteiger partial charge in [-0.15, -0.1) is 0 Å². The van der Waals surface area contributed by atoms with Crippen molar-refractivity contribution in [3.63, 3.8) is 0 Å². The smallest absolute Gasteiger partial charge is 0.00420 e. The molecule has 0 fully saturated rings. The molecule has 0 radical (unpaired) electrons. The third kappa shape index (κ3) is 24.4. The summed E-state index contributed by atoms with van der Waals surface area (Å²) in [5.41, 5.74) is 0. The van der Waals surface area contributed by atoms with E-state index in [1.807, 2.05) is 0 Å². The van der Waals surface area contributed by atoms with Gasteiger partial charge in [0.05, 0.1) is 0 Å². The van der Waals surface area contributed by atoms with E-state index >= 15 is 0 Å². The molecule has 0 spiro atoms. The second-order valence-electron chi connectivity index (χ2n) is 1.10. The summed E-state index contributed by atoms with van der Waals surface area (Å²) >= 11 is 1.55. The van der Waals surface area contributed by atoms with E-state index < -0.39 is 0 Å². The highest BCUT2D eigenvalue weighted by Gasteiger charge is 1.75. The second kappa shape index (κ2) is 23.0. The van der Waals surface area contributed by atoms with Crippen LogP contribution in [0, 0.1) is 0 Å². The predicted molar refractivity (Wildman–Crippen MR) is 42.5 cm³/mol. The van der Waals surface area contributed by atoms with Crippen LogP contribution in [0.5, 0.6) is 0 Å². The van der Waals surface area contributed by atoms with Crippen LogP contribution < -0.4 is 9.44 Å². The fraction of sp³-hybridized carbons (Fsp3) is 1.00. The first-order valence-electron chi connectivity index (χ1n) is 2.53. The van der Waals surface area contributed by atoms with Gasteiger partial charge in [-0.05, 0) is 0 Å². The van der Waals surface area contributed by atoms with Crippen molar-refractivity contribution < 1.29 is 14.1 Å². The van der Waals surface area contributed by atoms with Crippen LogP contribution in [0.2, 0.25) is 0 Å². The van der Waals surface area contributed by atoms with Gasteiger partial charge in [0.15, 0.2) is 0 Å². The van der Waals surface area contributed by atoms with Crippen molar-refractivity contribution in [3.05, 3.63) is 0 Å². The van der Waals surface area contributed by atoms with Crippen LogP contribution in [0.4, 0.5) is 14.1 Å². The molecule has 0 aliphatic heterocycles. The fourth-order valence-corrected chi connectivity index (χ4v) is 0.586. The molecule has 0 aliphatic carbocycles. The molecule has 0 amide bonds. The maximum atomic E-state index is 3.05. The zero-order valence-corrected chi connectivity index (χ0v) is 6.86. The molecule has 0 aliphatic rings. The van der Waals surface area contributed by atoms with Gasteiger partial charge in [0, 0.05) is 25.2 Å². The Labute approximate surface area is 63.5 Å². The summed E-state index contributed by atoms with van der Waals surface area (Å²) in [7, 11) is 0. The van der Waals surface area contributed by atoms with Gasteiger partial charge in [0.25, 0.3) is 0 Å². The van der Waals surface area contributed by atoms with Crippen molar-refractivity contribution >= 4 is 12.1 Å². The maximum absolute atomic E-state index is 3.05. The van der Waals surface area contributed by atoms with Gasteiger partial charge in [-0.2, -0.15) is 0 Å². The number of halogens is 3. The SMILES string of the molecule is CCNSNCC.F.F.F. The topological polar surface area (TPSA) is 24.1 Å². The summed E-state index contributed by atoms with van der Waals surface area (Å²) in [6, 6.07) is 0. The summed E-state index contributed by atoms with van der Waals surface area (Å²) < 4.78 is 6.11. The lowest BCUT2D eigenvalue weighted by molar-refractivity contribution is 0.978. The standard InChI is InChI=1S/C4H12N2S.3FH/c1-3-5-7-6-4-2;;;/h5-6H,3-4H2,1-2H3;3*1H. The van der Waals surface area contributed by atoms with E-state index in [-0.39, 0.29) is 14.1 Å². The molecular weight excluding hydrogens is 165 g/mol. The van der Waals surface area contributed by atoms with Crippen LogP contribution in [0.25, 0.3) is 0 Å². The highest BCUT2D eigenvalue weighted by atomic mass is 32.2. The van der Waals surface area contributed by atoms with Crippen molar-refractivity contribution in [2.45, 2.75) is 13.8 Å². The van der Waals surface area contributed by atoms with Crippen LogP contribution >= 0.6 is 12.1 Å².